The van der Waals surface area contributed by atoms with Gasteiger partial charge in [0.05, 0.1) is 12.6 Å². The fourth-order valence-electron chi connectivity index (χ4n) is 1.14. The van der Waals surface area contributed by atoms with Gasteiger partial charge in [0.1, 0.15) is 12.2 Å². The number of alkyl halides is 2. The Kier molecular flexibility index (Phi) is 2.62. The van der Waals surface area contributed by atoms with Crippen LogP contribution in [0.3, 0.4) is 0 Å². The third-order valence-corrected chi connectivity index (χ3v) is 1.99. The molecule has 1 heterocycles. The lowest BCUT2D eigenvalue weighted by molar-refractivity contribution is -0.204. The van der Waals surface area contributed by atoms with Crippen molar-refractivity contribution in [3.8, 4) is 0 Å². The summed E-state index contributed by atoms with van der Waals surface area (Å²) in [4.78, 5) is 0. The number of aliphatic hydroxyl groups excluding tert-OH is 3. The molecule has 1 rings (SSSR count). The van der Waals surface area contributed by atoms with Crippen LogP contribution in [0, 0.1) is 0 Å². The third kappa shape index (κ3) is 1.42. The number of β-amino-alcohol motifs (C(OH)–C–C–N with tert-alkyl or cyclic N) is 1. The molecule has 1 aliphatic rings. The molecule has 3 unspecified atom stereocenters. The molecule has 0 amide bonds. The van der Waals surface area contributed by atoms with Gasteiger partial charge in [-0.3, -0.25) is 0 Å². The lowest BCUT2D eigenvalue weighted by atomic mass is 9.95. The molecule has 3 atom stereocenters. The maximum absolute atomic E-state index is 12.8. The third-order valence-electron chi connectivity index (χ3n) is 1.99. The lowest BCUT2D eigenvalue weighted by Gasteiger charge is -2.37. The average Bonchev–Trinajstić information content (AvgIpc) is 2.02. The van der Waals surface area contributed by atoms with E-state index in [0.29, 0.717) is 0 Å². The summed E-state index contributed by atoms with van der Waals surface area (Å²) >= 11 is 0. The van der Waals surface area contributed by atoms with Crippen molar-refractivity contribution in [3.05, 3.63) is 0 Å². The molecule has 0 aromatic rings. The van der Waals surface area contributed by atoms with Crippen LogP contribution in [0.1, 0.15) is 0 Å². The van der Waals surface area contributed by atoms with Gasteiger partial charge in [-0.1, -0.05) is 0 Å². The average molecular weight is 183 g/mol. The Morgan fingerprint density at radius 2 is 2.00 bits per heavy atom. The summed E-state index contributed by atoms with van der Waals surface area (Å²) in [5, 5.41) is 28.6. The molecule has 0 aromatic carbocycles. The first kappa shape index (κ1) is 9.79. The van der Waals surface area contributed by atoms with E-state index in [1.54, 1.807) is 0 Å². The maximum atomic E-state index is 12.8. The zero-order chi connectivity index (χ0) is 9.35. The van der Waals surface area contributed by atoms with Gasteiger partial charge in [-0.25, -0.2) is 8.78 Å². The molecule has 0 aromatic heterocycles. The zero-order valence-corrected chi connectivity index (χ0v) is 6.24. The Balaban J connectivity index is 2.71. The van der Waals surface area contributed by atoms with Crippen LogP contribution >= 0.6 is 0 Å². The summed E-state index contributed by atoms with van der Waals surface area (Å²) in [6.07, 6.45) is -3.93. The monoisotopic (exact) mass is 183 g/mol. The molecule has 1 aliphatic heterocycles. The fraction of sp³-hybridized carbons (Fsp3) is 1.00. The van der Waals surface area contributed by atoms with Crippen molar-refractivity contribution in [1.29, 1.82) is 0 Å². The Labute approximate surface area is 67.8 Å². The van der Waals surface area contributed by atoms with Crippen LogP contribution in [-0.4, -0.2) is 52.6 Å². The van der Waals surface area contributed by atoms with Crippen molar-refractivity contribution in [3.63, 3.8) is 0 Å². The van der Waals surface area contributed by atoms with Crippen molar-refractivity contribution >= 4 is 0 Å². The number of nitrogens with one attached hydrogen (secondary N) is 1. The minimum absolute atomic E-state index is 0.324. The van der Waals surface area contributed by atoms with Gasteiger partial charge in [0.25, 0.3) is 0 Å². The van der Waals surface area contributed by atoms with Crippen LogP contribution in [0.4, 0.5) is 8.78 Å². The van der Waals surface area contributed by atoms with E-state index in [1.165, 1.54) is 0 Å². The number of piperidine rings is 1. The summed E-state index contributed by atoms with van der Waals surface area (Å²) in [6.45, 7) is -0.904. The van der Waals surface area contributed by atoms with E-state index in [9.17, 15) is 8.78 Å². The smallest absolute Gasteiger partial charge is 0.301 e. The van der Waals surface area contributed by atoms with E-state index >= 15 is 0 Å². The summed E-state index contributed by atoms with van der Waals surface area (Å²) < 4.78 is 25.6. The van der Waals surface area contributed by atoms with Crippen molar-refractivity contribution in [1.82, 2.24) is 5.32 Å². The molecule has 4 N–H and O–H groups in total. The Bertz CT molecular complexity index is 167. The van der Waals surface area contributed by atoms with Crippen molar-refractivity contribution < 1.29 is 24.1 Å². The van der Waals surface area contributed by atoms with Crippen LogP contribution in [0.25, 0.3) is 0 Å². The van der Waals surface area contributed by atoms with E-state index in [-0.39, 0.29) is 6.54 Å². The van der Waals surface area contributed by atoms with Gasteiger partial charge in [-0.15, -0.1) is 0 Å². The van der Waals surface area contributed by atoms with E-state index in [2.05, 4.69) is 5.32 Å². The van der Waals surface area contributed by atoms with E-state index in [1.807, 2.05) is 0 Å². The molecule has 1 fully saturated rings. The van der Waals surface area contributed by atoms with Crippen LogP contribution < -0.4 is 5.32 Å². The molecule has 0 saturated carbocycles. The van der Waals surface area contributed by atoms with Crippen molar-refractivity contribution in [2.75, 3.05) is 13.2 Å². The SMILES string of the molecule is OCC1NCC(O)C(F)(F)C1O. The van der Waals surface area contributed by atoms with E-state index in [4.69, 9.17) is 15.3 Å². The van der Waals surface area contributed by atoms with Crippen LogP contribution in [0.2, 0.25) is 0 Å². The molecular formula is C6H11F2NO3. The van der Waals surface area contributed by atoms with Crippen molar-refractivity contribution in [2.45, 2.75) is 24.2 Å². The van der Waals surface area contributed by atoms with Gasteiger partial charge in [0.2, 0.25) is 0 Å². The molecule has 72 valence electrons. The van der Waals surface area contributed by atoms with Crippen molar-refractivity contribution in [2.24, 2.45) is 0 Å². The van der Waals surface area contributed by atoms with Gasteiger partial charge in [0.15, 0.2) is 0 Å². The van der Waals surface area contributed by atoms with Gasteiger partial charge >= 0.3 is 5.92 Å². The second-order valence-corrected chi connectivity index (χ2v) is 2.83. The quantitative estimate of drug-likeness (QED) is 0.391. The number of hydrogen-bond acceptors (Lipinski definition) is 4. The van der Waals surface area contributed by atoms with Gasteiger partial charge < -0.3 is 20.6 Å². The number of aliphatic hydroxyl groups is 3. The predicted octanol–water partition coefficient (Wildman–Crippen LogP) is -1.69. The summed E-state index contributed by atoms with van der Waals surface area (Å²) in [7, 11) is 0. The standard InChI is InChI=1S/C6H11F2NO3/c7-6(8)4(11)1-9-3(2-10)5(6)12/h3-5,9-12H,1-2H2. The van der Waals surface area contributed by atoms with E-state index in [0.717, 1.165) is 0 Å². The molecule has 6 heteroatoms. The number of rotatable bonds is 1. The second kappa shape index (κ2) is 3.21. The fourth-order valence-corrected chi connectivity index (χ4v) is 1.14. The van der Waals surface area contributed by atoms with Gasteiger partial charge in [-0.2, -0.15) is 0 Å². The predicted molar refractivity (Wildman–Crippen MR) is 35.8 cm³/mol. The first-order valence-corrected chi connectivity index (χ1v) is 3.58. The van der Waals surface area contributed by atoms with E-state index < -0.39 is 30.8 Å². The minimum atomic E-state index is -3.54. The highest BCUT2D eigenvalue weighted by molar-refractivity contribution is 4.97. The number of hydrogen-bond donors (Lipinski definition) is 4. The summed E-state index contributed by atoms with van der Waals surface area (Å²) in [6, 6.07) is -1.07. The topological polar surface area (TPSA) is 72.7 Å². The first-order chi connectivity index (χ1) is 5.50. The first-order valence-electron chi connectivity index (χ1n) is 3.58. The summed E-state index contributed by atoms with van der Waals surface area (Å²) in [5.74, 6) is -3.54. The molecular weight excluding hydrogens is 172 g/mol. The Morgan fingerprint density at radius 1 is 1.42 bits per heavy atom. The molecule has 0 aliphatic carbocycles. The molecule has 4 nitrogen and oxygen atoms in total. The van der Waals surface area contributed by atoms with Gasteiger partial charge in [0, 0.05) is 6.54 Å². The largest absolute Gasteiger partial charge is 0.395 e. The highest BCUT2D eigenvalue weighted by Crippen LogP contribution is 2.28. The Hall–Kier alpha value is -0.300. The lowest BCUT2D eigenvalue weighted by Crippen LogP contribution is -2.64. The molecule has 12 heavy (non-hydrogen) atoms. The highest BCUT2D eigenvalue weighted by atomic mass is 19.3. The summed E-state index contributed by atoms with van der Waals surface area (Å²) in [5.41, 5.74) is 0. The maximum Gasteiger partial charge on any atom is 0.301 e. The van der Waals surface area contributed by atoms with Crippen LogP contribution in [0.15, 0.2) is 0 Å². The molecule has 0 spiro atoms. The second-order valence-electron chi connectivity index (χ2n) is 2.83. The number of halogens is 2. The van der Waals surface area contributed by atoms with Crippen LogP contribution in [-0.2, 0) is 0 Å². The zero-order valence-electron chi connectivity index (χ0n) is 6.24. The van der Waals surface area contributed by atoms with Crippen LogP contribution in [0.5, 0.6) is 0 Å². The Morgan fingerprint density at radius 3 is 2.50 bits per heavy atom. The minimum Gasteiger partial charge on any atom is -0.395 e. The molecule has 0 radical (unpaired) electrons. The molecule has 1 saturated heterocycles. The highest BCUT2D eigenvalue weighted by Gasteiger charge is 2.52. The normalized spacial score (nSPS) is 41.2. The van der Waals surface area contributed by atoms with Gasteiger partial charge in [-0.05, 0) is 0 Å². The molecule has 0 bridgehead atoms.